The number of rotatable bonds is 2. The standard InChI is InChI=1S/C17H19N3O2/c1-12-10-20(11-13(2)22-12)17(21)8-7-14-9-18-15-5-3-4-6-16(15)19-14/h3-9,12-13H,10-11H2,1-2H3/b8-7+. The summed E-state index contributed by atoms with van der Waals surface area (Å²) in [5.74, 6) is -0.0167. The lowest BCUT2D eigenvalue weighted by Gasteiger charge is -2.34. The Labute approximate surface area is 129 Å². The molecule has 1 saturated heterocycles. The van der Waals surface area contributed by atoms with Gasteiger partial charge >= 0.3 is 0 Å². The third kappa shape index (κ3) is 3.31. The number of nitrogens with zero attached hydrogens (tertiary/aromatic N) is 3. The Morgan fingerprint density at radius 2 is 1.91 bits per heavy atom. The van der Waals surface area contributed by atoms with E-state index in [2.05, 4.69) is 9.97 Å². The molecule has 1 aromatic carbocycles. The van der Waals surface area contributed by atoms with Crippen LogP contribution in [0, 0.1) is 0 Å². The second-order valence-electron chi connectivity index (χ2n) is 5.62. The van der Waals surface area contributed by atoms with E-state index in [1.165, 1.54) is 0 Å². The molecule has 2 heterocycles. The first-order valence-corrected chi connectivity index (χ1v) is 7.46. The number of benzene rings is 1. The molecule has 22 heavy (non-hydrogen) atoms. The first-order chi connectivity index (χ1) is 10.6. The highest BCUT2D eigenvalue weighted by atomic mass is 16.5. The van der Waals surface area contributed by atoms with E-state index >= 15 is 0 Å². The molecule has 1 amide bonds. The summed E-state index contributed by atoms with van der Waals surface area (Å²) in [6.45, 7) is 5.21. The molecule has 0 bridgehead atoms. The largest absolute Gasteiger partial charge is 0.372 e. The number of aromatic nitrogens is 2. The van der Waals surface area contributed by atoms with Gasteiger partial charge in [-0.1, -0.05) is 12.1 Å². The summed E-state index contributed by atoms with van der Waals surface area (Å²) in [5.41, 5.74) is 2.36. The quantitative estimate of drug-likeness (QED) is 0.798. The molecule has 5 nitrogen and oxygen atoms in total. The van der Waals surface area contributed by atoms with Crippen molar-refractivity contribution in [3.63, 3.8) is 0 Å². The molecule has 1 aromatic heterocycles. The molecule has 2 aromatic rings. The molecule has 3 rings (SSSR count). The highest BCUT2D eigenvalue weighted by Gasteiger charge is 2.24. The van der Waals surface area contributed by atoms with Crippen molar-refractivity contribution in [3.05, 3.63) is 42.2 Å². The predicted molar refractivity (Wildman–Crippen MR) is 85.2 cm³/mol. The second-order valence-corrected chi connectivity index (χ2v) is 5.62. The normalized spacial score (nSPS) is 22.4. The van der Waals surface area contributed by atoms with Gasteiger partial charge in [0.15, 0.2) is 0 Å². The lowest BCUT2D eigenvalue weighted by Crippen LogP contribution is -2.47. The summed E-state index contributed by atoms with van der Waals surface area (Å²) in [4.78, 5) is 22.9. The van der Waals surface area contributed by atoms with Crippen molar-refractivity contribution >= 4 is 23.0 Å². The van der Waals surface area contributed by atoms with Gasteiger partial charge in [0.25, 0.3) is 0 Å². The van der Waals surface area contributed by atoms with Crippen LogP contribution in [0.15, 0.2) is 36.5 Å². The summed E-state index contributed by atoms with van der Waals surface area (Å²) in [6, 6.07) is 7.67. The Balaban J connectivity index is 1.73. The zero-order chi connectivity index (χ0) is 15.5. The molecule has 114 valence electrons. The van der Waals surface area contributed by atoms with Gasteiger partial charge in [-0.2, -0.15) is 0 Å². The number of ether oxygens (including phenoxy) is 1. The molecule has 0 aliphatic carbocycles. The maximum absolute atomic E-state index is 12.3. The molecule has 1 fully saturated rings. The minimum absolute atomic E-state index is 0.0167. The Hall–Kier alpha value is -2.27. The van der Waals surface area contributed by atoms with Crippen molar-refractivity contribution in [1.82, 2.24) is 14.9 Å². The second kappa shape index (κ2) is 6.23. The van der Waals surface area contributed by atoms with Crippen LogP contribution in [0.25, 0.3) is 17.1 Å². The van der Waals surface area contributed by atoms with E-state index in [0.29, 0.717) is 18.8 Å². The summed E-state index contributed by atoms with van der Waals surface area (Å²) in [5, 5.41) is 0. The fourth-order valence-corrected chi connectivity index (χ4v) is 2.67. The lowest BCUT2D eigenvalue weighted by atomic mass is 10.2. The van der Waals surface area contributed by atoms with Gasteiger partial charge in [0.2, 0.25) is 5.91 Å². The van der Waals surface area contributed by atoms with Gasteiger partial charge in [-0.05, 0) is 32.1 Å². The van der Waals surface area contributed by atoms with Gasteiger partial charge in [0.05, 0.1) is 35.1 Å². The zero-order valence-electron chi connectivity index (χ0n) is 12.8. The molecule has 1 aliphatic heterocycles. The maximum atomic E-state index is 12.3. The number of amides is 1. The molecule has 0 N–H and O–H groups in total. The van der Waals surface area contributed by atoms with Crippen LogP contribution < -0.4 is 0 Å². The van der Waals surface area contributed by atoms with E-state index < -0.39 is 0 Å². The highest BCUT2D eigenvalue weighted by Crippen LogP contribution is 2.12. The number of carbonyl (C=O) groups is 1. The average molecular weight is 297 g/mol. The van der Waals surface area contributed by atoms with Gasteiger partial charge in [-0.3, -0.25) is 9.78 Å². The third-order valence-corrected chi connectivity index (χ3v) is 3.60. The zero-order valence-corrected chi connectivity index (χ0v) is 12.8. The number of morpholine rings is 1. The summed E-state index contributed by atoms with van der Waals surface area (Å²) < 4.78 is 5.64. The summed E-state index contributed by atoms with van der Waals surface area (Å²) in [6.07, 6.45) is 5.09. The molecular formula is C17H19N3O2. The molecule has 2 unspecified atom stereocenters. The number of hydrogen-bond acceptors (Lipinski definition) is 4. The predicted octanol–water partition coefficient (Wildman–Crippen LogP) is 2.28. The molecule has 5 heteroatoms. The van der Waals surface area contributed by atoms with Crippen LogP contribution in [0.1, 0.15) is 19.5 Å². The van der Waals surface area contributed by atoms with Crippen molar-refractivity contribution in [2.45, 2.75) is 26.1 Å². The highest BCUT2D eigenvalue weighted by molar-refractivity contribution is 5.91. The number of hydrogen-bond donors (Lipinski definition) is 0. The van der Waals surface area contributed by atoms with Gasteiger partial charge in [0, 0.05) is 19.2 Å². The Kier molecular flexibility index (Phi) is 4.15. The van der Waals surface area contributed by atoms with E-state index in [4.69, 9.17) is 4.74 Å². The van der Waals surface area contributed by atoms with Crippen LogP contribution in [-0.4, -0.2) is 46.1 Å². The average Bonchev–Trinajstić information content (AvgIpc) is 2.51. The van der Waals surface area contributed by atoms with Crippen molar-refractivity contribution in [1.29, 1.82) is 0 Å². The molecule has 0 spiro atoms. The van der Waals surface area contributed by atoms with Crippen molar-refractivity contribution < 1.29 is 9.53 Å². The molecule has 0 saturated carbocycles. The fraction of sp³-hybridized carbons (Fsp3) is 0.353. The Bertz CT molecular complexity index is 704. The van der Waals surface area contributed by atoms with Gasteiger partial charge in [0.1, 0.15) is 0 Å². The number of carbonyl (C=O) groups excluding carboxylic acids is 1. The molecule has 2 atom stereocenters. The van der Waals surface area contributed by atoms with Crippen LogP contribution in [-0.2, 0) is 9.53 Å². The minimum Gasteiger partial charge on any atom is -0.372 e. The first-order valence-electron chi connectivity index (χ1n) is 7.46. The van der Waals surface area contributed by atoms with Crippen LogP contribution in [0.4, 0.5) is 0 Å². The van der Waals surface area contributed by atoms with Crippen LogP contribution >= 0.6 is 0 Å². The molecular weight excluding hydrogens is 278 g/mol. The van der Waals surface area contributed by atoms with Crippen molar-refractivity contribution in [2.75, 3.05) is 13.1 Å². The van der Waals surface area contributed by atoms with E-state index in [1.54, 1.807) is 18.3 Å². The number of para-hydroxylation sites is 2. The topological polar surface area (TPSA) is 55.3 Å². The van der Waals surface area contributed by atoms with Crippen LogP contribution in [0.3, 0.4) is 0 Å². The Morgan fingerprint density at radius 3 is 2.64 bits per heavy atom. The maximum Gasteiger partial charge on any atom is 0.246 e. The summed E-state index contributed by atoms with van der Waals surface area (Å²) in [7, 11) is 0. The number of fused-ring (bicyclic) bond motifs is 1. The van der Waals surface area contributed by atoms with E-state index in [9.17, 15) is 4.79 Å². The monoisotopic (exact) mass is 297 g/mol. The Morgan fingerprint density at radius 1 is 1.23 bits per heavy atom. The van der Waals surface area contributed by atoms with Crippen molar-refractivity contribution in [2.24, 2.45) is 0 Å². The van der Waals surface area contributed by atoms with E-state index in [1.807, 2.05) is 43.0 Å². The molecule has 0 radical (unpaired) electrons. The van der Waals surface area contributed by atoms with Crippen molar-refractivity contribution in [3.8, 4) is 0 Å². The summed E-state index contributed by atoms with van der Waals surface area (Å²) >= 11 is 0. The van der Waals surface area contributed by atoms with Gasteiger partial charge < -0.3 is 9.64 Å². The lowest BCUT2D eigenvalue weighted by molar-refractivity contribution is -0.137. The first kappa shape index (κ1) is 14.7. The minimum atomic E-state index is -0.0167. The molecule has 1 aliphatic rings. The van der Waals surface area contributed by atoms with E-state index in [-0.39, 0.29) is 18.1 Å². The smallest absolute Gasteiger partial charge is 0.246 e. The van der Waals surface area contributed by atoms with Crippen LogP contribution in [0.2, 0.25) is 0 Å². The SMILES string of the molecule is CC1CN(C(=O)/C=C/c2cnc3ccccc3n2)CC(C)O1. The van der Waals surface area contributed by atoms with Crippen LogP contribution in [0.5, 0.6) is 0 Å². The third-order valence-electron chi connectivity index (χ3n) is 3.60. The van der Waals surface area contributed by atoms with Gasteiger partial charge in [-0.15, -0.1) is 0 Å². The van der Waals surface area contributed by atoms with E-state index in [0.717, 1.165) is 11.0 Å². The fourth-order valence-electron chi connectivity index (χ4n) is 2.67. The van der Waals surface area contributed by atoms with Gasteiger partial charge in [-0.25, -0.2) is 4.98 Å².